The molecule has 0 bridgehead atoms. The molecule has 1 aromatic rings. The zero-order valence-corrected chi connectivity index (χ0v) is 16.7. The third-order valence-corrected chi connectivity index (χ3v) is 6.52. The van der Waals surface area contributed by atoms with Gasteiger partial charge in [-0.15, -0.1) is 0 Å². The van der Waals surface area contributed by atoms with Gasteiger partial charge in [-0.1, -0.05) is 0 Å². The van der Waals surface area contributed by atoms with E-state index in [0.717, 1.165) is 58.8 Å². The summed E-state index contributed by atoms with van der Waals surface area (Å²) >= 11 is 0. The third-order valence-electron chi connectivity index (χ3n) is 5.21. The molecular formula is C19H29N3O4S. The minimum atomic E-state index is -3.31. The number of morpholine rings is 1. The Morgan fingerprint density at radius 3 is 2.56 bits per heavy atom. The number of hydrogen-bond donors (Lipinski definition) is 1. The Labute approximate surface area is 161 Å². The van der Waals surface area contributed by atoms with Gasteiger partial charge in [0.15, 0.2) is 0 Å². The molecule has 1 aromatic carbocycles. The molecule has 0 saturated carbocycles. The molecule has 27 heavy (non-hydrogen) atoms. The van der Waals surface area contributed by atoms with Crippen molar-refractivity contribution >= 4 is 21.6 Å². The first-order valence-electron chi connectivity index (χ1n) is 9.67. The number of carbonyl (C=O) groups is 1. The van der Waals surface area contributed by atoms with Crippen molar-refractivity contribution in [2.45, 2.75) is 19.8 Å². The highest BCUT2D eigenvalue weighted by Crippen LogP contribution is 2.21. The monoisotopic (exact) mass is 395 g/mol. The standard InChI is InChI=1S/C19H29N3O4S/c1-2-27(24,25)20-18-7-5-17(6-8-18)19(23)22-9-3-4-16(15-22)14-21-10-12-26-13-11-21/h5-8,16,20H,2-4,9-15H2,1H3/t16-/m0/s1. The summed E-state index contributed by atoms with van der Waals surface area (Å²) in [6.07, 6.45) is 2.17. The molecule has 0 radical (unpaired) electrons. The lowest BCUT2D eigenvalue weighted by Gasteiger charge is -2.36. The van der Waals surface area contributed by atoms with E-state index in [-0.39, 0.29) is 11.7 Å². The Hall–Kier alpha value is -1.64. The molecule has 2 saturated heterocycles. The summed E-state index contributed by atoms with van der Waals surface area (Å²) in [7, 11) is -3.31. The summed E-state index contributed by atoms with van der Waals surface area (Å²) in [4.78, 5) is 17.2. The van der Waals surface area contributed by atoms with Crippen LogP contribution in [0, 0.1) is 5.92 Å². The number of nitrogens with one attached hydrogen (secondary N) is 1. The van der Waals surface area contributed by atoms with E-state index in [9.17, 15) is 13.2 Å². The van der Waals surface area contributed by atoms with Crippen LogP contribution in [-0.4, -0.2) is 75.8 Å². The van der Waals surface area contributed by atoms with Gasteiger partial charge in [0.1, 0.15) is 0 Å². The summed E-state index contributed by atoms with van der Waals surface area (Å²) in [5, 5.41) is 0. The van der Waals surface area contributed by atoms with Crippen LogP contribution < -0.4 is 4.72 Å². The van der Waals surface area contributed by atoms with Crippen molar-refractivity contribution in [2.24, 2.45) is 5.92 Å². The molecule has 7 nitrogen and oxygen atoms in total. The first kappa shape index (κ1) is 20.1. The molecule has 2 fully saturated rings. The van der Waals surface area contributed by atoms with E-state index in [0.29, 0.717) is 17.2 Å². The van der Waals surface area contributed by atoms with Crippen molar-refractivity contribution in [1.29, 1.82) is 0 Å². The quantitative estimate of drug-likeness (QED) is 0.792. The van der Waals surface area contributed by atoms with Gasteiger partial charge >= 0.3 is 0 Å². The van der Waals surface area contributed by atoms with Gasteiger partial charge in [0.2, 0.25) is 10.0 Å². The lowest BCUT2D eigenvalue weighted by Crippen LogP contribution is -2.46. The van der Waals surface area contributed by atoms with Crippen LogP contribution in [0.4, 0.5) is 5.69 Å². The van der Waals surface area contributed by atoms with Gasteiger partial charge in [-0.05, 0) is 49.9 Å². The van der Waals surface area contributed by atoms with E-state index in [1.807, 2.05) is 4.90 Å². The number of carbonyl (C=O) groups excluding carboxylic acids is 1. The van der Waals surface area contributed by atoms with Gasteiger partial charge in [-0.3, -0.25) is 14.4 Å². The van der Waals surface area contributed by atoms with Crippen molar-refractivity contribution in [3.63, 3.8) is 0 Å². The molecule has 2 aliphatic heterocycles. The Balaban J connectivity index is 1.57. The van der Waals surface area contributed by atoms with Gasteiger partial charge in [0, 0.05) is 44.0 Å². The number of nitrogens with zero attached hydrogens (tertiary/aromatic N) is 2. The molecule has 1 amide bonds. The second-order valence-corrected chi connectivity index (χ2v) is 9.27. The summed E-state index contributed by atoms with van der Waals surface area (Å²) in [6, 6.07) is 6.69. The number of piperidine rings is 1. The topological polar surface area (TPSA) is 79.0 Å². The minimum absolute atomic E-state index is 0.0198. The van der Waals surface area contributed by atoms with Crippen molar-refractivity contribution in [3.8, 4) is 0 Å². The van der Waals surface area contributed by atoms with Gasteiger partial charge < -0.3 is 9.64 Å². The van der Waals surface area contributed by atoms with E-state index in [1.165, 1.54) is 0 Å². The van der Waals surface area contributed by atoms with Crippen molar-refractivity contribution in [3.05, 3.63) is 29.8 Å². The Morgan fingerprint density at radius 2 is 1.89 bits per heavy atom. The van der Waals surface area contributed by atoms with Crippen LogP contribution in [0.5, 0.6) is 0 Å². The second-order valence-electron chi connectivity index (χ2n) is 7.26. The number of ether oxygens (including phenoxy) is 1. The van der Waals surface area contributed by atoms with E-state index >= 15 is 0 Å². The molecule has 150 valence electrons. The average molecular weight is 396 g/mol. The fraction of sp³-hybridized carbons (Fsp3) is 0.632. The van der Waals surface area contributed by atoms with E-state index < -0.39 is 10.0 Å². The smallest absolute Gasteiger partial charge is 0.253 e. The van der Waals surface area contributed by atoms with Crippen molar-refractivity contribution < 1.29 is 17.9 Å². The minimum Gasteiger partial charge on any atom is -0.379 e. The number of rotatable bonds is 6. The summed E-state index contributed by atoms with van der Waals surface area (Å²) < 4.78 is 31.2. The van der Waals surface area contributed by atoms with Crippen molar-refractivity contribution in [2.75, 3.05) is 56.4 Å². The maximum absolute atomic E-state index is 12.8. The van der Waals surface area contributed by atoms with Gasteiger partial charge in [-0.25, -0.2) is 8.42 Å². The Morgan fingerprint density at radius 1 is 1.19 bits per heavy atom. The first-order chi connectivity index (χ1) is 13.0. The molecule has 1 N–H and O–H groups in total. The highest BCUT2D eigenvalue weighted by Gasteiger charge is 2.26. The zero-order chi connectivity index (χ0) is 19.3. The maximum Gasteiger partial charge on any atom is 0.253 e. The SMILES string of the molecule is CCS(=O)(=O)Nc1ccc(C(=O)N2CCC[C@@H](CN3CCOCC3)C2)cc1. The summed E-state index contributed by atoms with van der Waals surface area (Å²) in [5.41, 5.74) is 1.08. The number of sulfonamides is 1. The molecule has 0 aromatic heterocycles. The fourth-order valence-corrected chi connectivity index (χ4v) is 4.30. The molecule has 1 atom stereocenters. The van der Waals surface area contributed by atoms with E-state index in [2.05, 4.69) is 9.62 Å². The Bertz CT molecular complexity index is 730. The molecule has 0 aliphatic carbocycles. The number of hydrogen-bond acceptors (Lipinski definition) is 5. The lowest BCUT2D eigenvalue weighted by atomic mass is 9.96. The van der Waals surface area contributed by atoms with Gasteiger partial charge in [0.25, 0.3) is 5.91 Å². The van der Waals surface area contributed by atoms with Crippen LogP contribution in [0.1, 0.15) is 30.1 Å². The number of amides is 1. The van der Waals surface area contributed by atoms with Crippen LogP contribution >= 0.6 is 0 Å². The Kier molecular flexibility index (Phi) is 6.73. The molecule has 2 aliphatic rings. The van der Waals surface area contributed by atoms with Crippen LogP contribution in [-0.2, 0) is 14.8 Å². The maximum atomic E-state index is 12.8. The molecular weight excluding hydrogens is 366 g/mol. The van der Waals surface area contributed by atoms with Crippen molar-refractivity contribution in [1.82, 2.24) is 9.80 Å². The lowest BCUT2D eigenvalue weighted by molar-refractivity contribution is 0.0224. The third kappa shape index (κ3) is 5.67. The number of anilines is 1. The molecule has 0 unspecified atom stereocenters. The number of likely N-dealkylation sites (tertiary alicyclic amines) is 1. The van der Waals surface area contributed by atoms with Crippen LogP contribution in [0.25, 0.3) is 0 Å². The van der Waals surface area contributed by atoms with Crippen LogP contribution in [0.15, 0.2) is 24.3 Å². The normalized spacial score (nSPS) is 21.8. The van der Waals surface area contributed by atoms with Gasteiger partial charge in [0.05, 0.1) is 19.0 Å². The summed E-state index contributed by atoms with van der Waals surface area (Å²) in [6.45, 7) is 7.70. The van der Waals surface area contributed by atoms with Crippen LogP contribution in [0.3, 0.4) is 0 Å². The highest BCUT2D eigenvalue weighted by molar-refractivity contribution is 7.92. The molecule has 2 heterocycles. The molecule has 8 heteroatoms. The first-order valence-corrected chi connectivity index (χ1v) is 11.3. The molecule has 0 spiro atoms. The summed E-state index contributed by atoms with van der Waals surface area (Å²) in [5.74, 6) is 0.537. The zero-order valence-electron chi connectivity index (χ0n) is 15.9. The second kappa shape index (κ2) is 9.03. The predicted octanol–water partition coefficient (Wildman–Crippen LogP) is 1.63. The highest BCUT2D eigenvalue weighted by atomic mass is 32.2. The van der Waals surface area contributed by atoms with E-state index in [4.69, 9.17) is 4.74 Å². The fourth-order valence-electron chi connectivity index (χ4n) is 3.66. The average Bonchev–Trinajstić information content (AvgIpc) is 2.69. The van der Waals surface area contributed by atoms with Gasteiger partial charge in [-0.2, -0.15) is 0 Å². The largest absolute Gasteiger partial charge is 0.379 e. The molecule has 3 rings (SSSR count). The predicted molar refractivity (Wildman–Crippen MR) is 105 cm³/mol. The number of benzene rings is 1. The van der Waals surface area contributed by atoms with E-state index in [1.54, 1.807) is 31.2 Å². The van der Waals surface area contributed by atoms with Crippen LogP contribution in [0.2, 0.25) is 0 Å².